The van der Waals surface area contributed by atoms with E-state index in [9.17, 15) is 13.2 Å². The van der Waals surface area contributed by atoms with Gasteiger partial charge in [-0.3, -0.25) is 14.4 Å². The zero-order valence-corrected chi connectivity index (χ0v) is 18.7. The number of amides is 1. The number of hydrogen-bond donors (Lipinski definition) is 1. The van der Waals surface area contributed by atoms with E-state index in [1.807, 2.05) is 0 Å². The van der Waals surface area contributed by atoms with E-state index >= 15 is 0 Å². The van der Waals surface area contributed by atoms with Crippen molar-refractivity contribution in [3.05, 3.63) is 28.2 Å². The molecule has 27 heavy (non-hydrogen) atoms. The highest BCUT2D eigenvalue weighted by Gasteiger charge is 2.31. The summed E-state index contributed by atoms with van der Waals surface area (Å²) in [6, 6.07) is 3.34. The molecule has 2 rings (SSSR count). The van der Waals surface area contributed by atoms with E-state index in [2.05, 4.69) is 22.4 Å². The van der Waals surface area contributed by atoms with Crippen LogP contribution in [-0.4, -0.2) is 42.6 Å². The summed E-state index contributed by atoms with van der Waals surface area (Å²) in [5.74, 6) is 0.341. The van der Waals surface area contributed by atoms with E-state index in [0.717, 1.165) is 27.1 Å². The van der Waals surface area contributed by atoms with Gasteiger partial charge in [-0.05, 0) is 31.5 Å². The van der Waals surface area contributed by atoms with Gasteiger partial charge in [-0.15, -0.1) is 10.2 Å². The minimum atomic E-state index is -3.81. The highest BCUT2D eigenvalue weighted by Crippen LogP contribution is 2.32. The molecular formula is C15H18Cl2N4O3S3. The number of carbonyl (C=O) groups is 1. The van der Waals surface area contributed by atoms with Gasteiger partial charge in [0.15, 0.2) is 4.34 Å². The molecule has 1 heterocycles. The van der Waals surface area contributed by atoms with E-state index in [4.69, 9.17) is 23.2 Å². The van der Waals surface area contributed by atoms with Gasteiger partial charge in [0, 0.05) is 10.8 Å². The molecule has 1 aromatic heterocycles. The largest absolute Gasteiger partial charge is 0.299 e. The number of nitrogens with zero attached hydrogens (tertiary/aromatic N) is 3. The molecule has 0 spiro atoms. The number of rotatable bonds is 8. The zero-order chi connectivity index (χ0) is 20.2. The molecule has 148 valence electrons. The van der Waals surface area contributed by atoms with Crippen LogP contribution >= 0.6 is 46.3 Å². The second-order valence-electron chi connectivity index (χ2n) is 5.54. The summed E-state index contributed by atoms with van der Waals surface area (Å²) in [6.07, 6.45) is 1.99. The Hall–Kier alpha value is -1.07. The fourth-order valence-corrected chi connectivity index (χ4v) is 5.44. The third-order valence-electron chi connectivity index (χ3n) is 3.30. The number of anilines is 2. The third-order valence-corrected chi connectivity index (χ3v) is 7.26. The Labute approximate surface area is 176 Å². The average molecular weight is 469 g/mol. The molecule has 0 bridgehead atoms. The highest BCUT2D eigenvalue weighted by molar-refractivity contribution is 8.01. The molecule has 7 nitrogen and oxygen atoms in total. The summed E-state index contributed by atoms with van der Waals surface area (Å²) in [4.78, 5) is 12.6. The van der Waals surface area contributed by atoms with Gasteiger partial charge < -0.3 is 0 Å². The molecule has 0 radical (unpaired) electrons. The number of halogens is 2. The molecule has 0 fully saturated rings. The Morgan fingerprint density at radius 1 is 1.37 bits per heavy atom. The molecule has 1 aromatic carbocycles. The van der Waals surface area contributed by atoms with Crippen molar-refractivity contribution in [1.29, 1.82) is 0 Å². The number of aromatic nitrogens is 2. The third kappa shape index (κ3) is 5.95. The monoisotopic (exact) mass is 468 g/mol. The lowest BCUT2D eigenvalue weighted by Crippen LogP contribution is -2.45. The summed E-state index contributed by atoms with van der Waals surface area (Å²) in [5, 5.41) is 11.3. The molecule has 0 saturated carbocycles. The van der Waals surface area contributed by atoms with Crippen LogP contribution in [0.1, 0.15) is 20.3 Å². The Morgan fingerprint density at radius 2 is 2.07 bits per heavy atom. The van der Waals surface area contributed by atoms with Crippen LogP contribution in [0.5, 0.6) is 0 Å². The van der Waals surface area contributed by atoms with Crippen molar-refractivity contribution < 1.29 is 13.2 Å². The van der Waals surface area contributed by atoms with E-state index < -0.39 is 22.0 Å². The molecule has 0 saturated heterocycles. The Balaban J connectivity index is 2.25. The maximum Gasteiger partial charge on any atom is 0.249 e. The summed E-state index contributed by atoms with van der Waals surface area (Å²) >= 11 is 14.9. The summed E-state index contributed by atoms with van der Waals surface area (Å²) in [7, 11) is -3.81. The molecule has 0 aliphatic heterocycles. The van der Waals surface area contributed by atoms with Crippen LogP contribution in [-0.2, 0) is 14.8 Å². The molecule has 1 unspecified atom stereocenters. The van der Waals surface area contributed by atoms with Crippen LogP contribution in [0, 0.1) is 0 Å². The zero-order valence-electron chi connectivity index (χ0n) is 14.8. The van der Waals surface area contributed by atoms with Gasteiger partial charge in [0.05, 0.1) is 17.0 Å². The Morgan fingerprint density at radius 3 is 2.70 bits per heavy atom. The van der Waals surface area contributed by atoms with E-state index in [1.54, 1.807) is 11.8 Å². The first-order valence-electron chi connectivity index (χ1n) is 7.85. The second kappa shape index (κ2) is 9.42. The predicted octanol–water partition coefficient (Wildman–Crippen LogP) is 4.14. The van der Waals surface area contributed by atoms with Crippen molar-refractivity contribution in [3.8, 4) is 0 Å². The molecule has 1 N–H and O–H groups in total. The van der Waals surface area contributed by atoms with Gasteiger partial charge in [0.25, 0.3) is 0 Å². The fourth-order valence-electron chi connectivity index (χ4n) is 2.15. The number of benzene rings is 1. The van der Waals surface area contributed by atoms with E-state index in [0.29, 0.717) is 10.2 Å². The van der Waals surface area contributed by atoms with Crippen molar-refractivity contribution in [2.24, 2.45) is 0 Å². The molecule has 12 heteroatoms. The van der Waals surface area contributed by atoms with Gasteiger partial charge in [-0.25, -0.2) is 8.42 Å². The molecule has 0 aliphatic rings. The highest BCUT2D eigenvalue weighted by atomic mass is 35.5. The van der Waals surface area contributed by atoms with Crippen molar-refractivity contribution in [2.45, 2.75) is 30.6 Å². The number of sulfonamides is 1. The quantitative estimate of drug-likeness (QED) is 0.462. The lowest BCUT2D eigenvalue weighted by atomic mass is 10.2. The first kappa shape index (κ1) is 22.2. The van der Waals surface area contributed by atoms with Gasteiger partial charge in [0.2, 0.25) is 21.1 Å². The van der Waals surface area contributed by atoms with E-state index in [-0.39, 0.29) is 10.7 Å². The normalized spacial score (nSPS) is 12.6. The predicted molar refractivity (Wildman–Crippen MR) is 113 cm³/mol. The van der Waals surface area contributed by atoms with Crippen LogP contribution in [0.2, 0.25) is 10.0 Å². The minimum Gasteiger partial charge on any atom is -0.299 e. The van der Waals surface area contributed by atoms with Crippen molar-refractivity contribution in [1.82, 2.24) is 10.2 Å². The molecule has 2 aromatic rings. The summed E-state index contributed by atoms with van der Waals surface area (Å²) in [6.45, 7) is 3.51. The maximum absolute atomic E-state index is 12.6. The summed E-state index contributed by atoms with van der Waals surface area (Å²) in [5.41, 5.74) is 0.130. The second-order valence-corrected chi connectivity index (χ2v) is 10.6. The minimum absolute atomic E-state index is 0.130. The van der Waals surface area contributed by atoms with Crippen LogP contribution in [0.15, 0.2) is 22.5 Å². The number of thioether (sulfide) groups is 1. The summed E-state index contributed by atoms with van der Waals surface area (Å²) < 4.78 is 26.3. The van der Waals surface area contributed by atoms with Gasteiger partial charge in [-0.1, -0.05) is 53.2 Å². The Kier molecular flexibility index (Phi) is 7.75. The first-order chi connectivity index (χ1) is 12.6. The van der Waals surface area contributed by atoms with Gasteiger partial charge in [-0.2, -0.15) is 0 Å². The van der Waals surface area contributed by atoms with Crippen LogP contribution in [0.3, 0.4) is 0 Å². The fraction of sp³-hybridized carbons (Fsp3) is 0.400. The molecule has 1 amide bonds. The number of carbonyl (C=O) groups excluding carboxylic acids is 1. The maximum atomic E-state index is 12.6. The molecule has 1 atom stereocenters. The lowest BCUT2D eigenvalue weighted by molar-refractivity contribution is -0.116. The standard InChI is InChI=1S/C15H18Cl2N4O3S3/c1-4-7-25-15-20-19-14(26-15)18-13(22)9(2)21(27(3,23)24)12-8-10(16)5-6-11(12)17/h5-6,8-9H,4,7H2,1-3H3,(H,18,19,22). The van der Waals surface area contributed by atoms with Crippen molar-refractivity contribution in [3.63, 3.8) is 0 Å². The number of nitrogens with one attached hydrogen (secondary N) is 1. The lowest BCUT2D eigenvalue weighted by Gasteiger charge is -2.28. The van der Waals surface area contributed by atoms with Gasteiger partial charge in [0.1, 0.15) is 6.04 Å². The average Bonchev–Trinajstić information content (AvgIpc) is 3.02. The first-order valence-corrected chi connectivity index (χ1v) is 12.3. The topological polar surface area (TPSA) is 92.3 Å². The van der Waals surface area contributed by atoms with Crippen LogP contribution in [0.4, 0.5) is 10.8 Å². The molecular weight excluding hydrogens is 451 g/mol. The molecule has 0 aliphatic carbocycles. The number of hydrogen-bond acceptors (Lipinski definition) is 7. The Bertz CT molecular complexity index is 921. The van der Waals surface area contributed by atoms with Crippen LogP contribution < -0.4 is 9.62 Å². The van der Waals surface area contributed by atoms with Crippen LogP contribution in [0.25, 0.3) is 0 Å². The van der Waals surface area contributed by atoms with Gasteiger partial charge >= 0.3 is 0 Å². The van der Waals surface area contributed by atoms with Crippen molar-refractivity contribution in [2.75, 3.05) is 21.6 Å². The van der Waals surface area contributed by atoms with E-state index in [1.165, 1.54) is 36.5 Å². The smallest absolute Gasteiger partial charge is 0.249 e. The SMILES string of the molecule is CCCSc1nnc(NC(=O)C(C)N(c2cc(Cl)ccc2Cl)S(C)(=O)=O)s1. The van der Waals surface area contributed by atoms with Crippen molar-refractivity contribution >= 4 is 73.0 Å².